The number of methoxy groups -OCH3 is 1. The number of amidine groups is 1. The van der Waals surface area contributed by atoms with Crippen LogP contribution in [0.2, 0.25) is 0 Å². The van der Waals surface area contributed by atoms with E-state index in [4.69, 9.17) is 4.74 Å². The van der Waals surface area contributed by atoms with Gasteiger partial charge in [0.15, 0.2) is 0 Å². The minimum absolute atomic E-state index is 0.0351. The molecule has 0 aromatic rings. The number of aliphatic imine (C=N–C) groups is 1. The first-order valence-corrected chi connectivity index (χ1v) is 4.64. The van der Waals surface area contributed by atoms with E-state index in [1.54, 1.807) is 7.11 Å². The average Bonchev–Trinajstić information content (AvgIpc) is 2.45. The van der Waals surface area contributed by atoms with Crippen molar-refractivity contribution in [1.82, 2.24) is 5.32 Å². The number of hydrogen-bond donors (Lipinski definition) is 1. The van der Waals surface area contributed by atoms with Gasteiger partial charge in [0, 0.05) is 13.5 Å². The zero-order chi connectivity index (χ0) is 9.68. The molecule has 0 saturated carbocycles. The summed E-state index contributed by atoms with van der Waals surface area (Å²) in [4.78, 5) is 15.5. The summed E-state index contributed by atoms with van der Waals surface area (Å²) in [5.41, 5.74) is 0. The Morgan fingerprint density at radius 2 is 2.38 bits per heavy atom. The van der Waals surface area contributed by atoms with Crippen LogP contribution in [-0.4, -0.2) is 31.5 Å². The first kappa shape index (κ1) is 10.2. The fourth-order valence-corrected chi connectivity index (χ4v) is 1.30. The monoisotopic (exact) mass is 184 g/mol. The van der Waals surface area contributed by atoms with Crippen molar-refractivity contribution in [1.29, 1.82) is 0 Å². The zero-order valence-corrected chi connectivity index (χ0v) is 8.17. The number of carbonyl (C=O) groups excluding carboxylic acids is 1. The first-order valence-electron chi connectivity index (χ1n) is 4.64. The quantitative estimate of drug-likeness (QED) is 0.684. The molecule has 1 aliphatic rings. The van der Waals surface area contributed by atoms with E-state index in [2.05, 4.69) is 17.2 Å². The van der Waals surface area contributed by atoms with Crippen LogP contribution in [0.15, 0.2) is 4.99 Å². The van der Waals surface area contributed by atoms with Gasteiger partial charge in [0.25, 0.3) is 0 Å². The predicted octanol–water partition coefficient (Wildman–Crippen LogP) is 0.720. The van der Waals surface area contributed by atoms with E-state index in [1.807, 2.05) is 0 Å². The molecule has 0 bridgehead atoms. The van der Waals surface area contributed by atoms with E-state index < -0.39 is 0 Å². The summed E-state index contributed by atoms with van der Waals surface area (Å²) in [7, 11) is 1.64. The third-order valence-electron chi connectivity index (χ3n) is 1.99. The summed E-state index contributed by atoms with van der Waals surface area (Å²) in [6, 6.07) is -0.156. The molecule has 1 unspecified atom stereocenters. The van der Waals surface area contributed by atoms with Crippen molar-refractivity contribution in [2.75, 3.05) is 13.7 Å². The van der Waals surface area contributed by atoms with Gasteiger partial charge >= 0.3 is 0 Å². The number of nitrogens with one attached hydrogen (secondary N) is 1. The van der Waals surface area contributed by atoms with Gasteiger partial charge in [0.05, 0.1) is 6.61 Å². The summed E-state index contributed by atoms with van der Waals surface area (Å²) in [5, 5.41) is 2.75. The zero-order valence-electron chi connectivity index (χ0n) is 8.17. The van der Waals surface area contributed by atoms with Crippen LogP contribution in [0.1, 0.15) is 26.2 Å². The molecular weight excluding hydrogens is 168 g/mol. The average molecular weight is 184 g/mol. The summed E-state index contributed by atoms with van der Waals surface area (Å²) in [5.74, 6) is 0.804. The lowest BCUT2D eigenvalue weighted by molar-refractivity contribution is -0.120. The molecule has 1 aliphatic heterocycles. The van der Waals surface area contributed by atoms with Crippen molar-refractivity contribution in [3.8, 4) is 0 Å². The van der Waals surface area contributed by atoms with Crippen LogP contribution < -0.4 is 5.32 Å². The van der Waals surface area contributed by atoms with Crippen molar-refractivity contribution < 1.29 is 9.53 Å². The number of nitrogens with zero attached hydrogens (tertiary/aromatic N) is 1. The maximum absolute atomic E-state index is 11.3. The third kappa shape index (κ3) is 2.81. The highest BCUT2D eigenvalue weighted by Gasteiger charge is 2.24. The lowest BCUT2D eigenvalue weighted by Crippen LogP contribution is -2.29. The highest BCUT2D eigenvalue weighted by atomic mass is 16.5. The summed E-state index contributed by atoms with van der Waals surface area (Å²) in [6.07, 6.45) is 2.52. The van der Waals surface area contributed by atoms with Crippen molar-refractivity contribution >= 4 is 11.7 Å². The van der Waals surface area contributed by atoms with E-state index >= 15 is 0 Å². The molecule has 0 aromatic carbocycles. The Bertz CT molecular complexity index is 214. The summed E-state index contributed by atoms with van der Waals surface area (Å²) < 4.78 is 4.90. The molecule has 74 valence electrons. The normalized spacial score (nSPS) is 21.5. The maximum Gasteiger partial charge on any atom is 0.250 e. The summed E-state index contributed by atoms with van der Waals surface area (Å²) in [6.45, 7) is 2.66. The lowest BCUT2D eigenvalue weighted by Gasteiger charge is -1.99. The fraction of sp³-hybridized carbons (Fsp3) is 0.778. The van der Waals surface area contributed by atoms with E-state index in [0.717, 1.165) is 18.7 Å². The molecule has 1 heterocycles. The molecule has 1 rings (SSSR count). The number of carbonyl (C=O) groups is 1. The van der Waals surface area contributed by atoms with Crippen LogP contribution in [0.3, 0.4) is 0 Å². The van der Waals surface area contributed by atoms with Gasteiger partial charge in [-0.15, -0.1) is 0 Å². The van der Waals surface area contributed by atoms with Crippen LogP contribution in [0.25, 0.3) is 0 Å². The van der Waals surface area contributed by atoms with Gasteiger partial charge in [0.2, 0.25) is 5.91 Å². The molecule has 0 aliphatic carbocycles. The second kappa shape index (κ2) is 4.97. The molecule has 1 N–H and O–H groups in total. The van der Waals surface area contributed by atoms with Crippen LogP contribution in [0.4, 0.5) is 0 Å². The van der Waals surface area contributed by atoms with E-state index in [-0.39, 0.29) is 11.9 Å². The molecule has 4 heteroatoms. The Morgan fingerprint density at radius 3 is 3.00 bits per heavy atom. The minimum atomic E-state index is -0.156. The molecule has 4 nitrogen and oxygen atoms in total. The molecule has 1 atom stereocenters. The van der Waals surface area contributed by atoms with Gasteiger partial charge in [-0.2, -0.15) is 0 Å². The standard InChI is InChI=1S/C9H16N2O2/c1-3-4-7-9(12)11-8(10-7)5-6-13-2/h7H,3-6H2,1-2H3,(H,10,11,12). The minimum Gasteiger partial charge on any atom is -0.384 e. The molecule has 0 radical (unpaired) electrons. The SMILES string of the molecule is CCCC1N=C(CCOC)NC1=O. The Hall–Kier alpha value is -0.900. The maximum atomic E-state index is 11.3. The lowest BCUT2D eigenvalue weighted by atomic mass is 10.2. The predicted molar refractivity (Wildman–Crippen MR) is 50.8 cm³/mol. The molecular formula is C9H16N2O2. The number of hydrogen-bond acceptors (Lipinski definition) is 3. The third-order valence-corrected chi connectivity index (χ3v) is 1.99. The second-order valence-corrected chi connectivity index (χ2v) is 3.11. The molecule has 0 saturated heterocycles. The van der Waals surface area contributed by atoms with Gasteiger partial charge in [-0.05, 0) is 6.42 Å². The van der Waals surface area contributed by atoms with Gasteiger partial charge in [-0.1, -0.05) is 13.3 Å². The van der Waals surface area contributed by atoms with Gasteiger partial charge in [0.1, 0.15) is 11.9 Å². The number of ether oxygens (including phenoxy) is 1. The van der Waals surface area contributed by atoms with Gasteiger partial charge < -0.3 is 10.1 Å². The second-order valence-electron chi connectivity index (χ2n) is 3.11. The summed E-state index contributed by atoms with van der Waals surface area (Å²) >= 11 is 0. The molecule has 0 aromatic heterocycles. The van der Waals surface area contributed by atoms with Crippen LogP contribution in [0, 0.1) is 0 Å². The highest BCUT2D eigenvalue weighted by molar-refractivity contribution is 6.05. The van der Waals surface area contributed by atoms with Crippen LogP contribution in [-0.2, 0) is 9.53 Å². The molecule has 0 fully saturated rings. The highest BCUT2D eigenvalue weighted by Crippen LogP contribution is 2.08. The van der Waals surface area contributed by atoms with Gasteiger partial charge in [-0.3, -0.25) is 9.79 Å². The van der Waals surface area contributed by atoms with E-state index in [0.29, 0.717) is 13.0 Å². The smallest absolute Gasteiger partial charge is 0.250 e. The van der Waals surface area contributed by atoms with E-state index in [1.165, 1.54) is 0 Å². The Kier molecular flexibility index (Phi) is 3.89. The van der Waals surface area contributed by atoms with Gasteiger partial charge in [-0.25, -0.2) is 0 Å². The molecule has 0 spiro atoms. The Labute approximate surface area is 78.4 Å². The number of amides is 1. The Morgan fingerprint density at radius 1 is 1.62 bits per heavy atom. The topological polar surface area (TPSA) is 50.7 Å². The van der Waals surface area contributed by atoms with Crippen LogP contribution in [0.5, 0.6) is 0 Å². The van der Waals surface area contributed by atoms with Crippen molar-refractivity contribution in [2.24, 2.45) is 4.99 Å². The van der Waals surface area contributed by atoms with Crippen LogP contribution >= 0.6 is 0 Å². The van der Waals surface area contributed by atoms with Crippen molar-refractivity contribution in [2.45, 2.75) is 32.2 Å². The largest absolute Gasteiger partial charge is 0.384 e. The first-order chi connectivity index (χ1) is 6.27. The van der Waals surface area contributed by atoms with Crippen molar-refractivity contribution in [3.05, 3.63) is 0 Å². The number of rotatable bonds is 5. The fourth-order valence-electron chi connectivity index (χ4n) is 1.30. The molecule has 13 heavy (non-hydrogen) atoms. The Balaban J connectivity index is 2.41. The van der Waals surface area contributed by atoms with Crippen molar-refractivity contribution in [3.63, 3.8) is 0 Å². The molecule has 1 amide bonds. The van der Waals surface area contributed by atoms with E-state index in [9.17, 15) is 4.79 Å².